The number of fused-ring (bicyclic) bond motifs is 1. The van der Waals surface area contributed by atoms with Crippen molar-refractivity contribution in [1.82, 2.24) is 14.7 Å². The van der Waals surface area contributed by atoms with Gasteiger partial charge in [0, 0.05) is 48.0 Å². The highest BCUT2D eigenvalue weighted by molar-refractivity contribution is 7.11. The summed E-state index contributed by atoms with van der Waals surface area (Å²) in [5.41, 5.74) is 0. The van der Waals surface area contributed by atoms with Crippen LogP contribution in [0.15, 0.2) is 12.1 Å². The van der Waals surface area contributed by atoms with Gasteiger partial charge in [-0.2, -0.15) is 39.5 Å². The predicted molar refractivity (Wildman–Crippen MR) is 132 cm³/mol. The molecule has 3 N–H and O–H groups in total. The van der Waals surface area contributed by atoms with Crippen LogP contribution in [0.4, 0.5) is 39.5 Å². The third kappa shape index (κ3) is 15.0. The number of alkyl halides is 9. The molecule has 0 aliphatic carbocycles. The first kappa shape index (κ1) is 39.4. The van der Waals surface area contributed by atoms with Crippen LogP contribution < -0.4 is 0 Å². The topological polar surface area (TPSA) is 122 Å². The van der Waals surface area contributed by atoms with Crippen molar-refractivity contribution in [3.8, 4) is 0 Å². The normalized spacial score (nSPS) is 21.1. The van der Waals surface area contributed by atoms with Gasteiger partial charge < -0.3 is 20.2 Å². The maximum atomic E-state index is 10.6. The minimum atomic E-state index is -5.08. The van der Waals surface area contributed by atoms with Crippen molar-refractivity contribution < 1.29 is 69.2 Å². The summed E-state index contributed by atoms with van der Waals surface area (Å²) in [7, 11) is 6.74. The number of carboxylic acid groups (broad SMARTS) is 3. The molecule has 0 spiro atoms. The van der Waals surface area contributed by atoms with Gasteiger partial charge in [-0.15, -0.1) is 11.3 Å². The molecular formula is C23H32F9N3O6S. The summed E-state index contributed by atoms with van der Waals surface area (Å²) in [6.07, 6.45) is -12.5. The molecule has 0 unspecified atom stereocenters. The number of aliphatic carboxylic acids is 3. The Kier molecular flexibility index (Phi) is 15.3. The zero-order chi connectivity index (χ0) is 33.2. The summed E-state index contributed by atoms with van der Waals surface area (Å²) in [6, 6.07) is 6.13. The summed E-state index contributed by atoms with van der Waals surface area (Å²) in [5, 5.41) is 21.4. The van der Waals surface area contributed by atoms with E-state index in [0.29, 0.717) is 0 Å². The summed E-state index contributed by atoms with van der Waals surface area (Å²) < 4.78 is 95.2. The van der Waals surface area contributed by atoms with Gasteiger partial charge >= 0.3 is 36.4 Å². The van der Waals surface area contributed by atoms with Crippen molar-refractivity contribution in [3.63, 3.8) is 0 Å². The third-order valence-electron chi connectivity index (χ3n) is 5.93. The molecule has 9 nitrogen and oxygen atoms in total. The lowest BCUT2D eigenvalue weighted by Crippen LogP contribution is -2.45. The van der Waals surface area contributed by atoms with Gasteiger partial charge in [-0.3, -0.25) is 9.80 Å². The van der Waals surface area contributed by atoms with Gasteiger partial charge in [-0.05, 0) is 59.0 Å². The number of likely N-dealkylation sites (N-methyl/N-ethyl adjacent to an activating group) is 2. The van der Waals surface area contributed by atoms with Crippen LogP contribution in [0.25, 0.3) is 0 Å². The highest BCUT2D eigenvalue weighted by atomic mass is 32.1. The number of likely N-dealkylation sites (tertiary alicyclic amines) is 2. The monoisotopic (exact) mass is 649 g/mol. The Hall–Kier alpha value is -2.64. The summed E-state index contributed by atoms with van der Waals surface area (Å²) >= 11 is 1.96. The van der Waals surface area contributed by atoms with Gasteiger partial charge in [0.1, 0.15) is 0 Å². The lowest BCUT2D eigenvalue weighted by Gasteiger charge is -2.37. The number of hydrogen-bond acceptors (Lipinski definition) is 7. The number of thiophene rings is 1. The molecular weight excluding hydrogens is 617 g/mol. The molecule has 3 rings (SSSR count). The molecule has 2 fully saturated rings. The van der Waals surface area contributed by atoms with Crippen molar-refractivity contribution in [2.45, 2.75) is 56.9 Å². The average Bonchev–Trinajstić information content (AvgIpc) is 3.34. The van der Waals surface area contributed by atoms with Crippen molar-refractivity contribution in [2.75, 3.05) is 40.8 Å². The van der Waals surface area contributed by atoms with Gasteiger partial charge in [0.05, 0.1) is 0 Å². The van der Waals surface area contributed by atoms with Crippen LogP contribution in [0, 0.1) is 12.8 Å². The number of halogens is 9. The predicted octanol–water partition coefficient (Wildman–Crippen LogP) is 4.41. The number of carbonyl (C=O) groups is 3. The second kappa shape index (κ2) is 16.3. The van der Waals surface area contributed by atoms with Crippen molar-refractivity contribution in [2.24, 2.45) is 5.92 Å². The van der Waals surface area contributed by atoms with E-state index in [9.17, 15) is 39.5 Å². The Morgan fingerprint density at radius 2 is 1.33 bits per heavy atom. The Bertz CT molecular complexity index is 958. The Morgan fingerprint density at radius 1 is 0.905 bits per heavy atom. The van der Waals surface area contributed by atoms with E-state index in [2.05, 4.69) is 54.9 Å². The van der Waals surface area contributed by atoms with E-state index in [-0.39, 0.29) is 0 Å². The SMILES string of the molecule is Cc1ccc(CN2CC[C@H]3[C@H](C[C@@H](CN(C)C)N3C)C2)s1.O=C(O)C(F)(F)F.O=C(O)C(F)(F)F.O=C(O)C(F)(F)F. The fourth-order valence-electron chi connectivity index (χ4n) is 4.21. The zero-order valence-corrected chi connectivity index (χ0v) is 23.7. The second-order valence-electron chi connectivity index (χ2n) is 9.59. The number of nitrogens with zero attached hydrogens (tertiary/aromatic N) is 3. The molecule has 2 aliphatic rings. The maximum Gasteiger partial charge on any atom is 0.490 e. The maximum absolute atomic E-state index is 10.6. The van der Waals surface area contributed by atoms with E-state index in [1.807, 2.05) is 11.3 Å². The molecule has 0 saturated carbocycles. The number of rotatable bonds is 4. The molecule has 1 aromatic rings. The molecule has 0 aromatic carbocycles. The molecule has 0 radical (unpaired) electrons. The molecule has 19 heteroatoms. The van der Waals surface area contributed by atoms with Gasteiger partial charge in [0.2, 0.25) is 0 Å². The molecule has 244 valence electrons. The van der Waals surface area contributed by atoms with Gasteiger partial charge in [0.15, 0.2) is 0 Å². The van der Waals surface area contributed by atoms with E-state index < -0.39 is 36.4 Å². The Labute approximate surface area is 239 Å². The molecule has 3 atom stereocenters. The number of aryl methyl sites for hydroxylation is 1. The van der Waals surface area contributed by atoms with Gasteiger partial charge in [0.25, 0.3) is 0 Å². The van der Waals surface area contributed by atoms with Crippen LogP contribution >= 0.6 is 11.3 Å². The van der Waals surface area contributed by atoms with Crippen molar-refractivity contribution in [1.29, 1.82) is 0 Å². The minimum Gasteiger partial charge on any atom is -0.475 e. The second-order valence-corrected chi connectivity index (χ2v) is 11.0. The molecule has 0 bridgehead atoms. The molecule has 0 amide bonds. The first-order valence-electron chi connectivity index (χ1n) is 11.9. The summed E-state index contributed by atoms with van der Waals surface area (Å²) in [4.78, 5) is 37.3. The fraction of sp³-hybridized carbons (Fsp3) is 0.696. The van der Waals surface area contributed by atoms with Crippen LogP contribution in [0.5, 0.6) is 0 Å². The first-order chi connectivity index (χ1) is 18.9. The third-order valence-corrected chi connectivity index (χ3v) is 6.92. The summed E-state index contributed by atoms with van der Waals surface area (Å²) in [5.74, 6) is -7.40. The molecule has 42 heavy (non-hydrogen) atoms. The fourth-order valence-corrected chi connectivity index (χ4v) is 5.14. The van der Waals surface area contributed by atoms with Crippen LogP contribution in [0.3, 0.4) is 0 Å². The molecule has 2 aliphatic heterocycles. The van der Waals surface area contributed by atoms with Gasteiger partial charge in [-0.1, -0.05) is 0 Å². The molecule has 3 heterocycles. The van der Waals surface area contributed by atoms with E-state index in [4.69, 9.17) is 29.7 Å². The lowest BCUT2D eigenvalue weighted by atomic mass is 9.92. The van der Waals surface area contributed by atoms with Crippen LogP contribution in [0.2, 0.25) is 0 Å². The standard InChI is InChI=1S/C17H29N3S.3C2HF3O2/c1-13-5-6-16(21-13)12-20-8-7-17-14(10-20)9-15(19(17)4)11-18(2)3;3*3-2(4,5)1(6)7/h5-6,14-15,17H,7-12H2,1-4H3;3*(H,6,7)/t14-,15+,17+;;;/m1.../s1. The molecule has 2 saturated heterocycles. The number of hydrogen-bond donors (Lipinski definition) is 3. The Morgan fingerprint density at radius 3 is 1.67 bits per heavy atom. The number of piperidine rings is 1. The van der Waals surface area contributed by atoms with Crippen molar-refractivity contribution >= 4 is 29.2 Å². The van der Waals surface area contributed by atoms with E-state index in [0.717, 1.165) is 24.5 Å². The van der Waals surface area contributed by atoms with Crippen LogP contribution in [-0.4, -0.2) is 119 Å². The first-order valence-corrected chi connectivity index (χ1v) is 12.7. The highest BCUT2D eigenvalue weighted by Crippen LogP contribution is 2.35. The van der Waals surface area contributed by atoms with Gasteiger partial charge in [-0.25, -0.2) is 14.4 Å². The smallest absolute Gasteiger partial charge is 0.475 e. The molecule has 1 aromatic heterocycles. The average molecular weight is 650 g/mol. The lowest BCUT2D eigenvalue weighted by molar-refractivity contribution is -0.193. The van der Waals surface area contributed by atoms with Crippen LogP contribution in [-0.2, 0) is 20.9 Å². The van der Waals surface area contributed by atoms with E-state index >= 15 is 0 Å². The quantitative estimate of drug-likeness (QED) is 0.408. The minimum absolute atomic E-state index is 0.749. The van der Waals surface area contributed by atoms with E-state index in [1.54, 1.807) is 0 Å². The van der Waals surface area contributed by atoms with E-state index in [1.165, 1.54) is 42.2 Å². The zero-order valence-electron chi connectivity index (χ0n) is 22.8. The largest absolute Gasteiger partial charge is 0.490 e. The number of carboxylic acids is 3. The Balaban J connectivity index is 0.000000660. The highest BCUT2D eigenvalue weighted by Gasteiger charge is 2.42. The van der Waals surface area contributed by atoms with Crippen molar-refractivity contribution in [3.05, 3.63) is 21.9 Å². The summed E-state index contributed by atoms with van der Waals surface area (Å²) in [6.45, 7) is 7.11. The van der Waals surface area contributed by atoms with Crippen LogP contribution in [0.1, 0.15) is 22.6 Å².